The molecule has 9 heteroatoms. The molecule has 0 saturated carbocycles. The number of anilines is 2. The van der Waals surface area contributed by atoms with E-state index in [4.69, 9.17) is 27.9 Å². The molecule has 0 aliphatic carbocycles. The Morgan fingerprint density at radius 1 is 1.32 bits per heavy atom. The summed E-state index contributed by atoms with van der Waals surface area (Å²) in [5.74, 6) is 0.435. The normalized spacial score (nSPS) is 16.2. The van der Waals surface area contributed by atoms with E-state index in [0.29, 0.717) is 46.9 Å². The van der Waals surface area contributed by atoms with Crippen molar-refractivity contribution in [3.8, 4) is 5.75 Å². The summed E-state index contributed by atoms with van der Waals surface area (Å²) >= 11 is 11.8. The monoisotopic (exact) mass is 422 g/mol. The van der Waals surface area contributed by atoms with Crippen LogP contribution in [0.2, 0.25) is 10.0 Å². The van der Waals surface area contributed by atoms with Crippen LogP contribution >= 0.6 is 23.2 Å². The van der Waals surface area contributed by atoms with Crippen molar-refractivity contribution in [2.75, 3.05) is 37.0 Å². The summed E-state index contributed by atoms with van der Waals surface area (Å²) in [7, 11) is 1.55. The van der Waals surface area contributed by atoms with Gasteiger partial charge >= 0.3 is 0 Å². The van der Waals surface area contributed by atoms with Crippen molar-refractivity contribution in [2.24, 2.45) is 5.92 Å². The molecule has 1 aliphatic heterocycles. The average Bonchev–Trinajstić information content (AvgIpc) is 3.08. The molecule has 1 aliphatic rings. The number of amides is 2. The molecule has 0 radical (unpaired) electrons. The van der Waals surface area contributed by atoms with Crippen LogP contribution in [0.5, 0.6) is 5.75 Å². The van der Waals surface area contributed by atoms with Gasteiger partial charge in [-0.3, -0.25) is 9.59 Å². The third-order valence-corrected chi connectivity index (χ3v) is 4.89. The zero-order valence-corrected chi connectivity index (χ0v) is 16.8. The van der Waals surface area contributed by atoms with Crippen molar-refractivity contribution in [2.45, 2.75) is 6.42 Å². The number of carbonyl (C=O) groups excluding carboxylic acids is 2. The maximum absolute atomic E-state index is 12.4. The number of carbonyl (C=O) groups is 2. The van der Waals surface area contributed by atoms with Gasteiger partial charge in [-0.1, -0.05) is 35.3 Å². The average molecular weight is 423 g/mol. The van der Waals surface area contributed by atoms with Gasteiger partial charge in [0.15, 0.2) is 0 Å². The standard InChI is InChI=1S/C19H20Cl2N4O3/c1-28-16-5-3-2-4-15(16)25-11-12(8-17(25)26)19(27)23-7-6-22-18-14(21)9-13(20)10-24-18/h2-5,9-10,12H,6-8,11H2,1H3,(H,22,24)(H,23,27). The van der Waals surface area contributed by atoms with Crippen molar-refractivity contribution in [3.05, 3.63) is 46.6 Å². The van der Waals surface area contributed by atoms with E-state index in [1.54, 1.807) is 24.1 Å². The van der Waals surface area contributed by atoms with Gasteiger partial charge in [0.25, 0.3) is 0 Å². The molecule has 1 fully saturated rings. The summed E-state index contributed by atoms with van der Waals surface area (Å²) in [4.78, 5) is 30.5. The van der Waals surface area contributed by atoms with Crippen molar-refractivity contribution >= 4 is 46.5 Å². The Hall–Kier alpha value is -2.51. The first-order valence-corrected chi connectivity index (χ1v) is 9.51. The van der Waals surface area contributed by atoms with Crippen molar-refractivity contribution in [3.63, 3.8) is 0 Å². The predicted molar refractivity (Wildman–Crippen MR) is 109 cm³/mol. The Morgan fingerprint density at radius 2 is 2.11 bits per heavy atom. The van der Waals surface area contributed by atoms with E-state index in [9.17, 15) is 9.59 Å². The summed E-state index contributed by atoms with van der Waals surface area (Å²) < 4.78 is 5.31. The van der Waals surface area contributed by atoms with Gasteiger partial charge in [0.2, 0.25) is 11.8 Å². The lowest BCUT2D eigenvalue weighted by Crippen LogP contribution is -2.35. The second-order valence-corrected chi connectivity index (χ2v) is 7.12. The molecule has 148 valence electrons. The first kappa shape index (κ1) is 20.2. The summed E-state index contributed by atoms with van der Waals surface area (Å²) in [5.41, 5.74) is 0.676. The molecule has 0 bridgehead atoms. The highest BCUT2D eigenvalue weighted by atomic mass is 35.5. The van der Waals surface area contributed by atoms with Crippen LogP contribution in [0.1, 0.15) is 6.42 Å². The maximum atomic E-state index is 12.4. The Labute approximate surface area is 173 Å². The van der Waals surface area contributed by atoms with Crippen LogP contribution in [0.15, 0.2) is 36.5 Å². The van der Waals surface area contributed by atoms with Gasteiger partial charge in [-0.15, -0.1) is 0 Å². The molecule has 28 heavy (non-hydrogen) atoms. The fourth-order valence-electron chi connectivity index (χ4n) is 3.02. The fourth-order valence-corrected chi connectivity index (χ4v) is 3.47. The summed E-state index contributed by atoms with van der Waals surface area (Å²) in [5, 5.41) is 6.74. The highest BCUT2D eigenvalue weighted by Gasteiger charge is 2.36. The van der Waals surface area contributed by atoms with Crippen LogP contribution in [0, 0.1) is 5.92 Å². The smallest absolute Gasteiger partial charge is 0.227 e. The topological polar surface area (TPSA) is 83.6 Å². The van der Waals surface area contributed by atoms with Gasteiger partial charge in [0, 0.05) is 32.3 Å². The largest absolute Gasteiger partial charge is 0.495 e. The zero-order chi connectivity index (χ0) is 20.1. The number of nitrogens with zero attached hydrogens (tertiary/aromatic N) is 2. The van der Waals surface area contributed by atoms with Gasteiger partial charge in [-0.05, 0) is 18.2 Å². The van der Waals surface area contributed by atoms with Crippen LogP contribution in [-0.4, -0.2) is 43.5 Å². The Kier molecular flexibility index (Phi) is 6.59. The van der Waals surface area contributed by atoms with E-state index in [0.717, 1.165) is 0 Å². The van der Waals surface area contributed by atoms with E-state index in [2.05, 4.69) is 15.6 Å². The SMILES string of the molecule is COc1ccccc1N1CC(C(=O)NCCNc2ncc(Cl)cc2Cl)CC1=O. The molecule has 1 aromatic heterocycles. The number of nitrogens with one attached hydrogen (secondary N) is 2. The molecule has 1 atom stereocenters. The van der Waals surface area contributed by atoms with E-state index in [1.165, 1.54) is 6.20 Å². The molecule has 0 spiro atoms. The number of benzene rings is 1. The van der Waals surface area contributed by atoms with Crippen molar-refractivity contribution < 1.29 is 14.3 Å². The number of hydrogen-bond acceptors (Lipinski definition) is 5. The minimum Gasteiger partial charge on any atom is -0.495 e. The number of methoxy groups -OCH3 is 1. The fraction of sp³-hybridized carbons (Fsp3) is 0.316. The van der Waals surface area contributed by atoms with Gasteiger partial charge in [0.05, 0.1) is 28.8 Å². The molecule has 7 nitrogen and oxygen atoms in total. The van der Waals surface area contributed by atoms with Crippen LogP contribution in [-0.2, 0) is 9.59 Å². The number of halogens is 2. The molecule has 2 N–H and O–H groups in total. The number of ether oxygens (including phenoxy) is 1. The van der Waals surface area contributed by atoms with E-state index >= 15 is 0 Å². The number of para-hydroxylation sites is 2. The van der Waals surface area contributed by atoms with Crippen LogP contribution in [0.3, 0.4) is 0 Å². The van der Waals surface area contributed by atoms with Gasteiger partial charge in [-0.2, -0.15) is 0 Å². The molecular weight excluding hydrogens is 403 g/mol. The first-order valence-electron chi connectivity index (χ1n) is 8.75. The molecule has 2 amide bonds. The second kappa shape index (κ2) is 9.12. The number of hydrogen-bond donors (Lipinski definition) is 2. The third kappa shape index (κ3) is 4.66. The predicted octanol–water partition coefficient (Wildman–Crippen LogP) is 2.98. The molecule has 1 saturated heterocycles. The Balaban J connectivity index is 1.51. The van der Waals surface area contributed by atoms with Crippen LogP contribution in [0.4, 0.5) is 11.5 Å². The van der Waals surface area contributed by atoms with E-state index < -0.39 is 5.92 Å². The summed E-state index contributed by atoms with van der Waals surface area (Å²) in [6, 6.07) is 8.86. The lowest BCUT2D eigenvalue weighted by molar-refractivity contribution is -0.126. The van der Waals surface area contributed by atoms with Crippen LogP contribution < -0.4 is 20.3 Å². The minimum atomic E-state index is -0.408. The molecule has 1 unspecified atom stereocenters. The minimum absolute atomic E-state index is 0.0973. The Bertz CT molecular complexity index is 878. The molecular formula is C19H20Cl2N4O3. The molecule has 2 aromatic rings. The second-order valence-electron chi connectivity index (χ2n) is 6.28. The first-order chi connectivity index (χ1) is 13.5. The summed E-state index contributed by atoms with van der Waals surface area (Å²) in [6.07, 6.45) is 1.66. The lowest BCUT2D eigenvalue weighted by Gasteiger charge is -2.19. The van der Waals surface area contributed by atoms with E-state index in [-0.39, 0.29) is 18.2 Å². The quantitative estimate of drug-likeness (QED) is 0.670. The van der Waals surface area contributed by atoms with E-state index in [1.807, 2.05) is 18.2 Å². The van der Waals surface area contributed by atoms with Crippen LogP contribution in [0.25, 0.3) is 0 Å². The van der Waals surface area contributed by atoms with Crippen molar-refractivity contribution in [1.29, 1.82) is 0 Å². The number of aromatic nitrogens is 1. The number of pyridine rings is 1. The van der Waals surface area contributed by atoms with Gasteiger partial charge < -0.3 is 20.3 Å². The summed E-state index contributed by atoms with van der Waals surface area (Å²) in [6.45, 7) is 1.14. The molecule has 3 rings (SSSR count). The molecule has 2 heterocycles. The van der Waals surface area contributed by atoms with Crippen molar-refractivity contribution in [1.82, 2.24) is 10.3 Å². The Morgan fingerprint density at radius 3 is 2.86 bits per heavy atom. The molecule has 1 aromatic carbocycles. The zero-order valence-electron chi connectivity index (χ0n) is 15.2. The lowest BCUT2D eigenvalue weighted by atomic mass is 10.1. The van der Waals surface area contributed by atoms with Gasteiger partial charge in [0.1, 0.15) is 11.6 Å². The third-order valence-electron chi connectivity index (χ3n) is 4.40. The number of rotatable bonds is 7. The highest BCUT2D eigenvalue weighted by molar-refractivity contribution is 6.35. The maximum Gasteiger partial charge on any atom is 0.227 e. The van der Waals surface area contributed by atoms with Gasteiger partial charge in [-0.25, -0.2) is 4.98 Å². The highest BCUT2D eigenvalue weighted by Crippen LogP contribution is 2.32.